The van der Waals surface area contributed by atoms with Crippen LogP contribution in [0.3, 0.4) is 0 Å². The molecule has 12 rings (SSSR count). The van der Waals surface area contributed by atoms with Gasteiger partial charge in [0.25, 0.3) is 0 Å². The zero-order valence-electron chi connectivity index (χ0n) is 29.4. The normalized spacial score (nSPS) is 12.1. The number of aromatic nitrogens is 13. The number of pyridine rings is 6. The minimum atomic E-state index is 0.477. The quantitative estimate of drug-likeness (QED) is 0.159. The van der Waals surface area contributed by atoms with E-state index in [-0.39, 0.29) is 0 Å². The van der Waals surface area contributed by atoms with Crippen molar-refractivity contribution in [3.05, 3.63) is 128 Å². The van der Waals surface area contributed by atoms with Gasteiger partial charge < -0.3 is 19.5 Å². The molecule has 0 aliphatic rings. The van der Waals surface area contributed by atoms with E-state index in [1.165, 1.54) is 0 Å². The van der Waals surface area contributed by atoms with Crippen LogP contribution in [-0.4, -0.2) is 63.6 Å². The van der Waals surface area contributed by atoms with E-state index < -0.39 is 0 Å². The highest BCUT2D eigenvalue weighted by molar-refractivity contribution is 6.36. The average Bonchev–Trinajstić information content (AvgIpc) is 4.09. The maximum atomic E-state index is 7.37. The largest absolute Gasteiger partial charge is 0.346 e. The van der Waals surface area contributed by atoms with Crippen LogP contribution in [0.2, 0.25) is 5.02 Å². The fourth-order valence-electron chi connectivity index (χ4n) is 8.22. The summed E-state index contributed by atoms with van der Waals surface area (Å²) in [6.45, 7) is 0. The Kier molecular flexibility index (Phi) is 6.28. The maximum Gasteiger partial charge on any atom is 0.166 e. The fraction of sp³-hybridized carbons (Fsp3) is 0.0238. The first-order chi connectivity index (χ1) is 27.6. The van der Waals surface area contributed by atoms with E-state index in [0.717, 1.165) is 88.7 Å². The van der Waals surface area contributed by atoms with Gasteiger partial charge in [-0.05, 0) is 60.2 Å². The van der Waals surface area contributed by atoms with Gasteiger partial charge in [-0.25, -0.2) is 29.9 Å². The van der Waals surface area contributed by atoms with Gasteiger partial charge in [0, 0.05) is 112 Å². The van der Waals surface area contributed by atoms with Gasteiger partial charge in [0.1, 0.15) is 33.9 Å². The summed E-state index contributed by atoms with van der Waals surface area (Å²) in [5.74, 6) is 0.725. The number of halogens is 1. The smallest absolute Gasteiger partial charge is 0.166 e. The van der Waals surface area contributed by atoms with Gasteiger partial charge in [-0.2, -0.15) is 9.78 Å². The Morgan fingerprint density at radius 2 is 1.39 bits per heavy atom. The number of aromatic amines is 3. The zero-order valence-corrected chi connectivity index (χ0v) is 30.2. The number of hydrogen-bond donors (Lipinski definition) is 3. The summed E-state index contributed by atoms with van der Waals surface area (Å²) in [4.78, 5) is 39.3. The summed E-state index contributed by atoms with van der Waals surface area (Å²) in [7, 11) is 2.00. The topological polar surface area (TPSA) is 152 Å². The van der Waals surface area contributed by atoms with E-state index in [0.29, 0.717) is 27.7 Å². The molecule has 0 fully saturated rings. The number of rotatable bonds is 5. The van der Waals surface area contributed by atoms with Gasteiger partial charge in [-0.1, -0.05) is 17.7 Å². The summed E-state index contributed by atoms with van der Waals surface area (Å²) in [6, 6.07) is 20.1. The van der Waals surface area contributed by atoms with E-state index in [9.17, 15) is 0 Å². The lowest BCUT2D eigenvalue weighted by atomic mass is 9.86. The number of H-pyrrole nitrogens is 3. The van der Waals surface area contributed by atoms with E-state index in [4.69, 9.17) is 31.7 Å². The van der Waals surface area contributed by atoms with Gasteiger partial charge >= 0.3 is 0 Å². The second-order valence-electron chi connectivity index (χ2n) is 13.7. The molecule has 0 saturated heterocycles. The minimum absolute atomic E-state index is 0.477. The molecule has 12 aromatic heterocycles. The van der Waals surface area contributed by atoms with Crippen molar-refractivity contribution in [1.82, 2.24) is 63.6 Å². The number of nitrogens with one attached hydrogen (secondary N) is 3. The molecule has 13 nitrogen and oxygen atoms in total. The lowest BCUT2D eigenvalue weighted by Gasteiger charge is -2.20. The third kappa shape index (κ3) is 4.22. The number of hydrogen-bond acceptors (Lipinski definition) is 7. The molecular weight excluding hydrogens is 722 g/mol. The van der Waals surface area contributed by atoms with Gasteiger partial charge in [-0.15, -0.1) is 0 Å². The number of imidazole rings is 1. The second kappa shape index (κ2) is 11.4. The second-order valence-corrected chi connectivity index (χ2v) is 14.1. The summed E-state index contributed by atoms with van der Waals surface area (Å²) in [6.07, 6.45) is 18.7. The third-order valence-electron chi connectivity index (χ3n) is 10.7. The van der Waals surface area contributed by atoms with Crippen LogP contribution in [0, 0.1) is 0 Å². The van der Waals surface area contributed by atoms with Crippen LogP contribution in [0.25, 0.3) is 111 Å². The highest BCUT2D eigenvalue weighted by Crippen LogP contribution is 2.51. The zero-order chi connectivity index (χ0) is 37.1. The molecule has 0 aliphatic carbocycles. The summed E-state index contributed by atoms with van der Waals surface area (Å²) < 4.78 is 5.95. The molecule has 0 aromatic carbocycles. The SMILES string of the molecule is Cn1ccc2c(-c3c(-c4c(Cl)cnc5[nH]ccc45)c(-c4ccnc5[nH]ccc45)nc4c3c(-c3c[nH]c5ncccc35)nn4-c3cnc4ccccn34)ccnc21. The minimum Gasteiger partial charge on any atom is -0.346 e. The van der Waals surface area contributed by atoms with Crippen molar-refractivity contribution in [3.8, 4) is 50.6 Å². The molecule has 14 heteroatoms. The Morgan fingerprint density at radius 1 is 0.589 bits per heavy atom. The first-order valence-electron chi connectivity index (χ1n) is 17.9. The summed E-state index contributed by atoms with van der Waals surface area (Å²) >= 11 is 7.37. The molecule has 12 aromatic rings. The van der Waals surface area contributed by atoms with Crippen molar-refractivity contribution in [2.24, 2.45) is 7.05 Å². The van der Waals surface area contributed by atoms with Crippen molar-refractivity contribution in [1.29, 1.82) is 0 Å². The predicted molar refractivity (Wildman–Crippen MR) is 218 cm³/mol. The Morgan fingerprint density at radius 3 is 2.32 bits per heavy atom. The first kappa shape index (κ1) is 30.8. The Hall–Kier alpha value is -7.64. The Bertz CT molecular complexity index is 3540. The molecular formula is C42H26ClN13. The van der Waals surface area contributed by atoms with Crippen LogP contribution >= 0.6 is 11.6 Å². The molecule has 3 N–H and O–H groups in total. The molecule has 0 saturated carbocycles. The molecule has 0 aliphatic heterocycles. The highest BCUT2D eigenvalue weighted by Gasteiger charge is 2.31. The predicted octanol–water partition coefficient (Wildman–Crippen LogP) is 8.91. The highest BCUT2D eigenvalue weighted by atomic mass is 35.5. The lowest BCUT2D eigenvalue weighted by Crippen LogP contribution is -2.04. The molecule has 0 radical (unpaired) electrons. The van der Waals surface area contributed by atoms with E-state index in [1.807, 2.05) is 107 Å². The first-order valence-corrected chi connectivity index (χ1v) is 18.3. The van der Waals surface area contributed by atoms with Crippen molar-refractivity contribution < 1.29 is 0 Å². The van der Waals surface area contributed by atoms with Crippen LogP contribution in [0.15, 0.2) is 123 Å². The number of nitrogens with zero attached hydrogens (tertiary/aromatic N) is 10. The van der Waals surface area contributed by atoms with E-state index >= 15 is 0 Å². The fourth-order valence-corrected chi connectivity index (χ4v) is 8.46. The van der Waals surface area contributed by atoms with E-state index in [2.05, 4.69) is 48.1 Å². The number of aryl methyl sites for hydroxylation is 1. The van der Waals surface area contributed by atoms with Gasteiger partial charge in [0.15, 0.2) is 11.5 Å². The van der Waals surface area contributed by atoms with Gasteiger partial charge in [-0.3, -0.25) is 4.40 Å². The summed E-state index contributed by atoms with van der Waals surface area (Å²) in [5.41, 5.74) is 11.0. The Labute approximate surface area is 320 Å². The standard InChI is InChI=1S/C42H26ClN13/c1-54-18-11-26-22(7-16-48-41(26)54)33-34(32-27-10-15-47-40(27)51-20-29(32)43)36(23-8-13-45-38-25(23)9-14-46-38)52-42-35(33)37(28-19-50-39-24(28)5-4-12-44-39)53-56(42)31-21-49-30-6-2-3-17-55(30)31/h2-21H,1H3,(H,44,50)(H,45,46)(H,47,51). The van der Waals surface area contributed by atoms with Crippen molar-refractivity contribution in [2.75, 3.05) is 0 Å². The van der Waals surface area contributed by atoms with Crippen LogP contribution in [-0.2, 0) is 7.05 Å². The molecule has 0 unspecified atom stereocenters. The lowest BCUT2D eigenvalue weighted by molar-refractivity contribution is 0.855. The Balaban J connectivity index is 1.37. The molecule has 0 bridgehead atoms. The molecule has 0 amide bonds. The van der Waals surface area contributed by atoms with Crippen molar-refractivity contribution in [2.45, 2.75) is 0 Å². The number of fused-ring (bicyclic) bond motifs is 6. The van der Waals surface area contributed by atoms with Crippen LogP contribution < -0.4 is 0 Å². The maximum absolute atomic E-state index is 7.37. The van der Waals surface area contributed by atoms with Gasteiger partial charge in [0.05, 0.1) is 22.3 Å². The van der Waals surface area contributed by atoms with Crippen molar-refractivity contribution >= 4 is 72.4 Å². The van der Waals surface area contributed by atoms with Crippen molar-refractivity contribution in [3.63, 3.8) is 0 Å². The summed E-state index contributed by atoms with van der Waals surface area (Å²) in [5, 5.41) is 10.4. The molecule has 0 atom stereocenters. The molecule has 0 spiro atoms. The van der Waals surface area contributed by atoms with Crippen LogP contribution in [0.5, 0.6) is 0 Å². The molecule has 266 valence electrons. The molecule has 56 heavy (non-hydrogen) atoms. The third-order valence-corrected chi connectivity index (χ3v) is 11.0. The average molecular weight is 748 g/mol. The monoisotopic (exact) mass is 747 g/mol. The van der Waals surface area contributed by atoms with E-state index in [1.54, 1.807) is 18.6 Å². The van der Waals surface area contributed by atoms with Gasteiger partial charge in [0.2, 0.25) is 0 Å². The van der Waals surface area contributed by atoms with Crippen LogP contribution in [0.1, 0.15) is 0 Å². The van der Waals surface area contributed by atoms with Crippen LogP contribution in [0.4, 0.5) is 0 Å². The molecule has 12 heterocycles.